The summed E-state index contributed by atoms with van der Waals surface area (Å²) in [5.41, 5.74) is 0.860. The average molecular weight is 577 g/mol. The zero-order chi connectivity index (χ0) is 29.7. The Bertz CT molecular complexity index is 1170. The predicted octanol–water partition coefficient (Wildman–Crippen LogP) is 4.58. The van der Waals surface area contributed by atoms with Crippen LogP contribution in [-0.4, -0.2) is 68.2 Å². The smallest absolute Gasteiger partial charge is 0.407 e. The van der Waals surface area contributed by atoms with Crippen LogP contribution >= 0.6 is 0 Å². The predicted molar refractivity (Wildman–Crippen MR) is 155 cm³/mol. The third-order valence-corrected chi connectivity index (χ3v) is 8.79. The highest BCUT2D eigenvalue weighted by Crippen LogP contribution is 2.24. The number of rotatable bonds is 17. The number of aliphatic hydroxyl groups is 1. The zero-order valence-electron chi connectivity index (χ0n) is 24.2. The highest BCUT2D eigenvalue weighted by Gasteiger charge is 2.32. The second-order valence-corrected chi connectivity index (χ2v) is 12.1. The Hall–Kier alpha value is -2.95. The number of carbonyl (C=O) groups is 2. The number of nitrogens with one attached hydrogen (secondary N) is 1. The molecule has 0 aliphatic carbocycles. The molecule has 40 heavy (non-hydrogen) atoms. The van der Waals surface area contributed by atoms with Crippen molar-refractivity contribution in [3.05, 3.63) is 60.2 Å². The third kappa shape index (κ3) is 10.6. The maximum atomic E-state index is 13.8. The molecule has 0 aromatic heterocycles. The van der Waals surface area contributed by atoms with Gasteiger partial charge in [0.25, 0.3) is 0 Å². The molecular weight excluding hydrogens is 532 g/mol. The van der Waals surface area contributed by atoms with Gasteiger partial charge >= 0.3 is 6.09 Å². The summed E-state index contributed by atoms with van der Waals surface area (Å²) in [6.45, 7) is 7.17. The molecular formula is C30H44N2O7S. The standard InChI is InChI=1S/C30H44N2O7S/c1-6-24(7-2)20-32(40(36,37)27-15-11-14-26(19-27)38-5)21-29(34)28(18-25-12-9-8-10-13-25)31-30(35)39-23(4)17-16-22(3)33/h8-15,19,23-24,28-29,34H,6-7,16-18,20-21H2,1-5H3,(H,31,35)/t23-,28+,29-/m1/s1. The Kier molecular flexibility index (Phi) is 13.6. The van der Waals surface area contributed by atoms with E-state index in [1.165, 1.54) is 30.5 Å². The first kappa shape index (κ1) is 33.3. The minimum atomic E-state index is -4.00. The van der Waals surface area contributed by atoms with Gasteiger partial charge in [0.15, 0.2) is 0 Å². The van der Waals surface area contributed by atoms with Gasteiger partial charge in [-0.3, -0.25) is 0 Å². The summed E-state index contributed by atoms with van der Waals surface area (Å²) in [6.07, 6.45) is -0.00290. The molecule has 10 heteroatoms. The van der Waals surface area contributed by atoms with Gasteiger partial charge < -0.3 is 24.7 Å². The van der Waals surface area contributed by atoms with E-state index in [9.17, 15) is 23.1 Å². The van der Waals surface area contributed by atoms with Crippen LogP contribution in [0.1, 0.15) is 58.9 Å². The van der Waals surface area contributed by atoms with Gasteiger partial charge in [-0.1, -0.05) is 63.1 Å². The molecule has 2 N–H and O–H groups in total. The lowest BCUT2D eigenvalue weighted by Gasteiger charge is -2.31. The summed E-state index contributed by atoms with van der Waals surface area (Å²) < 4.78 is 39.6. The Labute approximate surface area is 238 Å². The number of hydrogen-bond acceptors (Lipinski definition) is 7. The fourth-order valence-corrected chi connectivity index (χ4v) is 5.91. The number of benzene rings is 2. The van der Waals surface area contributed by atoms with Gasteiger partial charge in [-0.15, -0.1) is 0 Å². The molecule has 2 rings (SSSR count). The van der Waals surface area contributed by atoms with Crippen molar-refractivity contribution >= 4 is 21.9 Å². The number of nitrogens with zero attached hydrogens (tertiary/aromatic N) is 1. The average Bonchev–Trinajstić information content (AvgIpc) is 2.94. The molecule has 0 spiro atoms. The number of amides is 1. The summed E-state index contributed by atoms with van der Waals surface area (Å²) in [6, 6.07) is 14.7. The van der Waals surface area contributed by atoms with E-state index in [0.29, 0.717) is 12.2 Å². The Balaban J connectivity index is 2.33. The van der Waals surface area contributed by atoms with Crippen molar-refractivity contribution < 1.29 is 32.6 Å². The van der Waals surface area contributed by atoms with Gasteiger partial charge in [-0.05, 0) is 50.3 Å². The summed E-state index contributed by atoms with van der Waals surface area (Å²) >= 11 is 0. The summed E-state index contributed by atoms with van der Waals surface area (Å²) in [7, 11) is -2.53. The molecule has 0 fully saturated rings. The Morgan fingerprint density at radius 3 is 2.30 bits per heavy atom. The quantitative estimate of drug-likeness (QED) is 0.283. The van der Waals surface area contributed by atoms with Crippen LogP contribution in [0.2, 0.25) is 0 Å². The number of sulfonamides is 1. The van der Waals surface area contributed by atoms with E-state index in [1.807, 2.05) is 44.2 Å². The molecule has 0 aliphatic rings. The maximum absolute atomic E-state index is 13.8. The first-order valence-corrected chi connectivity index (χ1v) is 15.3. The molecule has 2 aromatic rings. The molecule has 2 aromatic carbocycles. The van der Waals surface area contributed by atoms with Crippen molar-refractivity contribution in [2.45, 2.75) is 82.9 Å². The van der Waals surface area contributed by atoms with E-state index in [4.69, 9.17) is 9.47 Å². The fraction of sp³-hybridized carbons (Fsp3) is 0.533. The lowest BCUT2D eigenvalue weighted by atomic mass is 10.0. The lowest BCUT2D eigenvalue weighted by Crippen LogP contribution is -2.51. The van der Waals surface area contributed by atoms with Crippen LogP contribution in [0.25, 0.3) is 0 Å². The number of hydrogen-bond donors (Lipinski definition) is 2. The molecule has 1 amide bonds. The topological polar surface area (TPSA) is 122 Å². The first-order chi connectivity index (χ1) is 19.0. The summed E-state index contributed by atoms with van der Waals surface area (Å²) in [5.74, 6) is 0.498. The van der Waals surface area contributed by atoms with E-state index < -0.39 is 34.4 Å². The third-order valence-electron chi connectivity index (χ3n) is 6.96. The van der Waals surface area contributed by atoms with Gasteiger partial charge in [0.05, 0.1) is 24.2 Å². The van der Waals surface area contributed by atoms with E-state index in [0.717, 1.165) is 18.4 Å². The van der Waals surface area contributed by atoms with Crippen molar-refractivity contribution in [3.63, 3.8) is 0 Å². The van der Waals surface area contributed by atoms with E-state index in [-0.39, 0.29) is 42.5 Å². The van der Waals surface area contributed by atoms with Crippen LogP contribution in [0.4, 0.5) is 4.79 Å². The molecule has 222 valence electrons. The van der Waals surface area contributed by atoms with Gasteiger partial charge in [0, 0.05) is 25.6 Å². The number of methoxy groups -OCH3 is 1. The number of carbonyl (C=O) groups excluding carboxylic acids is 2. The SMILES string of the molecule is CCC(CC)CN(C[C@@H](O)[C@H](Cc1ccccc1)NC(=O)O[C@H](C)CCC(C)=O)S(=O)(=O)c1cccc(OC)c1. The molecule has 0 saturated heterocycles. The Morgan fingerprint density at radius 2 is 1.70 bits per heavy atom. The molecule has 0 radical (unpaired) electrons. The minimum Gasteiger partial charge on any atom is -0.497 e. The van der Waals surface area contributed by atoms with Crippen molar-refractivity contribution in [1.82, 2.24) is 9.62 Å². The van der Waals surface area contributed by atoms with E-state index in [1.54, 1.807) is 19.1 Å². The van der Waals surface area contributed by atoms with Gasteiger partial charge in [-0.25, -0.2) is 13.2 Å². The van der Waals surface area contributed by atoms with Gasteiger partial charge in [0.2, 0.25) is 10.0 Å². The first-order valence-electron chi connectivity index (χ1n) is 13.8. The molecule has 0 bridgehead atoms. The van der Waals surface area contributed by atoms with Crippen LogP contribution in [0.5, 0.6) is 5.75 Å². The lowest BCUT2D eigenvalue weighted by molar-refractivity contribution is -0.117. The number of ketones is 1. The molecule has 3 atom stereocenters. The maximum Gasteiger partial charge on any atom is 0.407 e. The molecule has 9 nitrogen and oxygen atoms in total. The summed E-state index contributed by atoms with van der Waals surface area (Å²) in [4.78, 5) is 24.1. The molecule has 0 unspecified atom stereocenters. The van der Waals surface area contributed by atoms with E-state index in [2.05, 4.69) is 5.32 Å². The minimum absolute atomic E-state index is 0.00281. The van der Waals surface area contributed by atoms with Crippen molar-refractivity contribution in [3.8, 4) is 5.75 Å². The van der Waals surface area contributed by atoms with Crippen LogP contribution in [-0.2, 0) is 26.0 Å². The fourth-order valence-electron chi connectivity index (χ4n) is 4.34. The second-order valence-electron chi connectivity index (χ2n) is 10.1. The highest BCUT2D eigenvalue weighted by atomic mass is 32.2. The van der Waals surface area contributed by atoms with Crippen LogP contribution in [0.3, 0.4) is 0 Å². The number of ether oxygens (including phenoxy) is 2. The molecule has 0 saturated carbocycles. The number of alkyl carbamates (subject to hydrolysis) is 1. The number of aliphatic hydroxyl groups excluding tert-OH is 1. The summed E-state index contributed by atoms with van der Waals surface area (Å²) in [5, 5.41) is 14.2. The van der Waals surface area contributed by atoms with E-state index >= 15 is 0 Å². The van der Waals surface area contributed by atoms with Crippen molar-refractivity contribution in [2.75, 3.05) is 20.2 Å². The van der Waals surface area contributed by atoms with Gasteiger partial charge in [-0.2, -0.15) is 4.31 Å². The molecule has 0 heterocycles. The zero-order valence-corrected chi connectivity index (χ0v) is 25.0. The normalized spacial score (nSPS) is 14.0. The van der Waals surface area contributed by atoms with Crippen LogP contribution < -0.4 is 10.1 Å². The highest BCUT2D eigenvalue weighted by molar-refractivity contribution is 7.89. The van der Waals surface area contributed by atoms with Crippen LogP contribution in [0, 0.1) is 5.92 Å². The second kappa shape index (κ2) is 16.3. The van der Waals surface area contributed by atoms with Crippen molar-refractivity contribution in [2.24, 2.45) is 5.92 Å². The van der Waals surface area contributed by atoms with Crippen molar-refractivity contribution in [1.29, 1.82) is 0 Å². The number of Topliss-reactive ketones (excluding diaryl/α,β-unsaturated/α-hetero) is 1. The Morgan fingerprint density at radius 1 is 1.02 bits per heavy atom. The monoisotopic (exact) mass is 576 g/mol. The largest absolute Gasteiger partial charge is 0.497 e. The molecule has 0 aliphatic heterocycles. The van der Waals surface area contributed by atoms with Gasteiger partial charge in [0.1, 0.15) is 17.6 Å². The van der Waals surface area contributed by atoms with Crippen LogP contribution in [0.15, 0.2) is 59.5 Å².